The summed E-state index contributed by atoms with van der Waals surface area (Å²) in [6.45, 7) is 0.741. The second-order valence-electron chi connectivity index (χ2n) is 3.82. The summed E-state index contributed by atoms with van der Waals surface area (Å²) in [6.07, 6.45) is -0.407. The molecule has 1 saturated heterocycles. The van der Waals surface area contributed by atoms with Crippen LogP contribution in [0.4, 0.5) is 5.69 Å². The Morgan fingerprint density at radius 3 is 2.81 bits per heavy atom. The first kappa shape index (κ1) is 10.8. The summed E-state index contributed by atoms with van der Waals surface area (Å²) in [6, 6.07) is 4.96. The number of aliphatic hydroxyl groups is 1. The Kier molecular flexibility index (Phi) is 2.70. The number of amides is 1. The van der Waals surface area contributed by atoms with Gasteiger partial charge in [0.15, 0.2) is 0 Å². The van der Waals surface area contributed by atoms with Crippen LogP contribution in [-0.4, -0.2) is 42.2 Å². The number of rotatable bonds is 2. The molecule has 1 amide bonds. The molecule has 5 heteroatoms. The van der Waals surface area contributed by atoms with Gasteiger partial charge in [0.05, 0.1) is 18.8 Å². The highest BCUT2D eigenvalue weighted by atomic mass is 16.5. The lowest BCUT2D eigenvalue weighted by molar-refractivity contribution is 0.00595. The predicted molar refractivity (Wildman–Crippen MR) is 59.3 cm³/mol. The Labute approximate surface area is 93.4 Å². The molecule has 0 saturated carbocycles. The number of nitrogen functional groups attached to an aromatic ring is 1. The minimum absolute atomic E-state index is 0.165. The molecule has 1 aliphatic heterocycles. The number of aliphatic hydroxyl groups excluding tert-OH is 1. The third-order valence-corrected chi connectivity index (χ3v) is 2.64. The van der Waals surface area contributed by atoms with Crippen LogP contribution in [-0.2, 0) is 0 Å². The summed E-state index contributed by atoms with van der Waals surface area (Å²) in [5, 5.41) is 9.13. The molecule has 0 aliphatic carbocycles. The van der Waals surface area contributed by atoms with E-state index in [4.69, 9.17) is 15.6 Å². The van der Waals surface area contributed by atoms with Crippen LogP contribution in [0.25, 0.3) is 0 Å². The molecule has 1 aliphatic rings. The fourth-order valence-corrected chi connectivity index (χ4v) is 1.64. The van der Waals surface area contributed by atoms with Crippen molar-refractivity contribution in [1.29, 1.82) is 0 Å². The van der Waals surface area contributed by atoms with Crippen molar-refractivity contribution >= 4 is 11.6 Å². The van der Waals surface area contributed by atoms with Crippen molar-refractivity contribution in [3.8, 4) is 5.75 Å². The van der Waals surface area contributed by atoms with Gasteiger partial charge in [-0.2, -0.15) is 0 Å². The quantitative estimate of drug-likeness (QED) is 0.695. The molecule has 1 heterocycles. The van der Waals surface area contributed by atoms with E-state index in [0.29, 0.717) is 30.1 Å². The van der Waals surface area contributed by atoms with Crippen LogP contribution < -0.4 is 10.5 Å². The first-order valence-corrected chi connectivity index (χ1v) is 5.02. The molecular formula is C11H14N2O3. The van der Waals surface area contributed by atoms with Crippen molar-refractivity contribution in [3.05, 3.63) is 23.8 Å². The topological polar surface area (TPSA) is 75.8 Å². The Morgan fingerprint density at radius 1 is 1.56 bits per heavy atom. The van der Waals surface area contributed by atoms with Crippen molar-refractivity contribution in [1.82, 2.24) is 4.90 Å². The highest BCUT2D eigenvalue weighted by Gasteiger charge is 2.30. The van der Waals surface area contributed by atoms with Gasteiger partial charge in [0.2, 0.25) is 0 Å². The number of benzene rings is 1. The molecule has 0 spiro atoms. The van der Waals surface area contributed by atoms with Gasteiger partial charge in [-0.25, -0.2) is 0 Å². The largest absolute Gasteiger partial charge is 0.497 e. The second-order valence-corrected chi connectivity index (χ2v) is 3.82. The third-order valence-electron chi connectivity index (χ3n) is 2.64. The number of anilines is 1. The molecule has 86 valence electrons. The van der Waals surface area contributed by atoms with E-state index in [1.165, 1.54) is 7.11 Å². The molecule has 0 bridgehead atoms. The van der Waals surface area contributed by atoms with Crippen molar-refractivity contribution in [3.63, 3.8) is 0 Å². The smallest absolute Gasteiger partial charge is 0.256 e. The number of nitrogens with two attached hydrogens (primary N) is 1. The molecule has 16 heavy (non-hydrogen) atoms. The zero-order valence-electron chi connectivity index (χ0n) is 9.01. The fourth-order valence-electron chi connectivity index (χ4n) is 1.64. The maximum absolute atomic E-state index is 11.9. The number of hydrogen-bond donors (Lipinski definition) is 2. The van der Waals surface area contributed by atoms with E-state index in [2.05, 4.69) is 0 Å². The molecule has 1 aromatic carbocycles. The van der Waals surface area contributed by atoms with E-state index in [9.17, 15) is 4.79 Å². The average Bonchev–Trinajstić information content (AvgIpc) is 2.25. The van der Waals surface area contributed by atoms with Crippen LogP contribution in [0, 0.1) is 0 Å². The van der Waals surface area contributed by atoms with E-state index in [1.807, 2.05) is 0 Å². The first-order chi connectivity index (χ1) is 7.61. The van der Waals surface area contributed by atoms with E-state index in [1.54, 1.807) is 23.1 Å². The molecule has 2 rings (SSSR count). The average molecular weight is 222 g/mol. The van der Waals surface area contributed by atoms with Crippen LogP contribution in [0.1, 0.15) is 10.4 Å². The number of hydrogen-bond acceptors (Lipinski definition) is 4. The lowest BCUT2D eigenvalue weighted by atomic mass is 10.1. The number of ether oxygens (including phenoxy) is 1. The standard InChI is InChI=1S/C11H14N2O3/c1-16-8-2-3-10(12)9(4-8)11(15)13-5-7(14)6-13/h2-4,7,14H,5-6,12H2,1H3. The van der Waals surface area contributed by atoms with Crippen molar-refractivity contribution in [2.45, 2.75) is 6.10 Å². The third kappa shape index (κ3) is 1.81. The van der Waals surface area contributed by atoms with Gasteiger partial charge in [-0.15, -0.1) is 0 Å². The number of nitrogens with zero attached hydrogens (tertiary/aromatic N) is 1. The summed E-state index contributed by atoms with van der Waals surface area (Å²) in [5.74, 6) is 0.431. The van der Waals surface area contributed by atoms with E-state index < -0.39 is 6.10 Å². The number of carbonyl (C=O) groups is 1. The van der Waals surface area contributed by atoms with Gasteiger partial charge >= 0.3 is 0 Å². The first-order valence-electron chi connectivity index (χ1n) is 5.02. The van der Waals surface area contributed by atoms with Gasteiger partial charge in [-0.1, -0.05) is 0 Å². The van der Waals surface area contributed by atoms with E-state index in [-0.39, 0.29) is 5.91 Å². The minimum atomic E-state index is -0.407. The zero-order valence-corrected chi connectivity index (χ0v) is 9.01. The normalized spacial score (nSPS) is 15.8. The predicted octanol–water partition coefficient (Wildman–Crippen LogP) is 0.0941. The fraction of sp³-hybridized carbons (Fsp3) is 0.364. The molecule has 5 nitrogen and oxygen atoms in total. The van der Waals surface area contributed by atoms with Crippen LogP contribution in [0.5, 0.6) is 5.75 Å². The van der Waals surface area contributed by atoms with Crippen LogP contribution in [0.3, 0.4) is 0 Å². The molecule has 0 radical (unpaired) electrons. The molecule has 1 fully saturated rings. The Balaban J connectivity index is 2.22. The second kappa shape index (κ2) is 4.02. The van der Waals surface area contributed by atoms with Crippen molar-refractivity contribution in [2.75, 3.05) is 25.9 Å². The van der Waals surface area contributed by atoms with E-state index in [0.717, 1.165) is 0 Å². The SMILES string of the molecule is COc1ccc(N)c(C(=O)N2CC(O)C2)c1. The Hall–Kier alpha value is -1.75. The summed E-state index contributed by atoms with van der Waals surface area (Å²) in [7, 11) is 1.53. The molecule has 0 atom stereocenters. The summed E-state index contributed by atoms with van der Waals surface area (Å²) in [4.78, 5) is 13.5. The number of methoxy groups -OCH3 is 1. The maximum Gasteiger partial charge on any atom is 0.256 e. The van der Waals surface area contributed by atoms with Crippen LogP contribution in [0.2, 0.25) is 0 Å². The lowest BCUT2D eigenvalue weighted by Gasteiger charge is -2.36. The molecule has 3 N–H and O–H groups in total. The highest BCUT2D eigenvalue weighted by molar-refractivity contribution is 6.00. The Bertz CT molecular complexity index is 414. The molecule has 1 aromatic rings. The van der Waals surface area contributed by atoms with Gasteiger partial charge in [0, 0.05) is 18.8 Å². The zero-order chi connectivity index (χ0) is 11.7. The van der Waals surface area contributed by atoms with Gasteiger partial charge in [0.1, 0.15) is 5.75 Å². The summed E-state index contributed by atoms with van der Waals surface area (Å²) in [5.41, 5.74) is 6.58. The van der Waals surface area contributed by atoms with Gasteiger partial charge in [-0.3, -0.25) is 4.79 Å². The summed E-state index contributed by atoms with van der Waals surface area (Å²) < 4.78 is 5.04. The van der Waals surface area contributed by atoms with Gasteiger partial charge < -0.3 is 20.5 Å². The monoisotopic (exact) mass is 222 g/mol. The lowest BCUT2D eigenvalue weighted by Crippen LogP contribution is -2.53. The molecular weight excluding hydrogens is 208 g/mol. The van der Waals surface area contributed by atoms with Crippen molar-refractivity contribution < 1.29 is 14.6 Å². The number of carbonyl (C=O) groups excluding carboxylic acids is 1. The van der Waals surface area contributed by atoms with Crippen LogP contribution in [0.15, 0.2) is 18.2 Å². The van der Waals surface area contributed by atoms with Gasteiger partial charge in [0.25, 0.3) is 5.91 Å². The number of likely N-dealkylation sites (tertiary alicyclic amines) is 1. The molecule has 0 unspecified atom stereocenters. The summed E-state index contributed by atoms with van der Waals surface area (Å²) >= 11 is 0. The van der Waals surface area contributed by atoms with E-state index >= 15 is 0 Å². The Morgan fingerprint density at radius 2 is 2.25 bits per heavy atom. The number of β-amino-alcohol motifs (C(OH)–C–C–N with tert-alkyl or cyclic N) is 1. The highest BCUT2D eigenvalue weighted by Crippen LogP contribution is 2.22. The molecule has 0 aromatic heterocycles. The maximum atomic E-state index is 11.9. The van der Waals surface area contributed by atoms with Crippen LogP contribution >= 0.6 is 0 Å². The van der Waals surface area contributed by atoms with Crippen molar-refractivity contribution in [2.24, 2.45) is 0 Å². The minimum Gasteiger partial charge on any atom is -0.497 e. The van der Waals surface area contributed by atoms with Gasteiger partial charge in [-0.05, 0) is 18.2 Å².